The molecule has 1 aromatic carbocycles. The average Bonchev–Trinajstić information content (AvgIpc) is 2.11. The first kappa shape index (κ1) is 11.1. The number of para-hydroxylation sites is 1. The van der Waals surface area contributed by atoms with E-state index in [-0.39, 0.29) is 0 Å². The Bertz CT molecular complexity index is 212. The van der Waals surface area contributed by atoms with Gasteiger partial charge >= 0.3 is 0 Å². The Morgan fingerprint density at radius 3 is 2.25 bits per heavy atom. The normalized spacial score (nSPS) is 8.17. The van der Waals surface area contributed by atoms with Crippen molar-refractivity contribution in [3.8, 4) is 5.75 Å². The first-order valence-electron chi connectivity index (χ1n) is 3.63. The van der Waals surface area contributed by atoms with Gasteiger partial charge in [0.25, 0.3) is 0 Å². The van der Waals surface area contributed by atoms with Crippen molar-refractivity contribution in [3.63, 3.8) is 0 Å². The first-order valence-corrected chi connectivity index (χ1v) is 4.17. The third-order valence-corrected chi connectivity index (χ3v) is 1.44. The lowest BCUT2D eigenvalue weighted by Crippen LogP contribution is -1.68. The SMILES string of the molecule is C=CCCl.Cc1ccccc1O. The molecule has 0 aliphatic rings. The second-order valence-electron chi connectivity index (χ2n) is 2.23. The molecule has 0 saturated carbocycles. The van der Waals surface area contributed by atoms with Crippen LogP contribution in [0.2, 0.25) is 0 Å². The van der Waals surface area contributed by atoms with Crippen LogP contribution in [-0.4, -0.2) is 11.0 Å². The van der Waals surface area contributed by atoms with Gasteiger partial charge in [-0.1, -0.05) is 24.3 Å². The Balaban J connectivity index is 0.000000261. The lowest BCUT2D eigenvalue weighted by Gasteiger charge is -1.92. The third-order valence-electron chi connectivity index (χ3n) is 1.22. The summed E-state index contributed by atoms with van der Waals surface area (Å²) in [5.74, 6) is 0.924. The van der Waals surface area contributed by atoms with Crippen LogP contribution in [0, 0.1) is 6.92 Å². The maximum absolute atomic E-state index is 8.92. The number of allylic oxidation sites excluding steroid dienone is 1. The number of rotatable bonds is 1. The van der Waals surface area contributed by atoms with E-state index in [0.717, 1.165) is 5.56 Å². The van der Waals surface area contributed by atoms with Gasteiger partial charge in [0.1, 0.15) is 5.75 Å². The zero-order valence-corrected chi connectivity index (χ0v) is 7.88. The molecule has 0 radical (unpaired) electrons. The molecule has 1 nitrogen and oxygen atoms in total. The Morgan fingerprint density at radius 2 is 2.00 bits per heavy atom. The number of alkyl halides is 1. The van der Waals surface area contributed by atoms with Crippen molar-refractivity contribution in [2.75, 3.05) is 5.88 Å². The van der Waals surface area contributed by atoms with Gasteiger partial charge in [-0.2, -0.15) is 0 Å². The van der Waals surface area contributed by atoms with Gasteiger partial charge in [0.15, 0.2) is 0 Å². The summed E-state index contributed by atoms with van der Waals surface area (Å²) in [6.07, 6.45) is 1.64. The summed E-state index contributed by atoms with van der Waals surface area (Å²) in [6.45, 7) is 5.22. The highest BCUT2D eigenvalue weighted by atomic mass is 35.5. The van der Waals surface area contributed by atoms with Gasteiger partial charge < -0.3 is 5.11 Å². The molecule has 0 heterocycles. The summed E-state index contributed by atoms with van der Waals surface area (Å²) in [7, 11) is 0. The molecule has 0 aliphatic carbocycles. The van der Waals surface area contributed by atoms with Crippen molar-refractivity contribution in [1.29, 1.82) is 0 Å². The van der Waals surface area contributed by atoms with Gasteiger partial charge in [0.2, 0.25) is 0 Å². The number of aromatic hydroxyl groups is 1. The summed E-state index contributed by atoms with van der Waals surface area (Å²) in [5.41, 5.74) is 0.924. The number of benzene rings is 1. The largest absolute Gasteiger partial charge is 0.508 e. The standard InChI is InChI=1S/C7H8O.C3H5Cl/c1-6-4-2-3-5-7(6)8;1-2-3-4/h2-5,8H,1H3;2H,1,3H2. The molecular formula is C10H13ClO. The fourth-order valence-electron chi connectivity index (χ4n) is 0.563. The number of halogens is 1. The summed E-state index contributed by atoms with van der Waals surface area (Å²) in [4.78, 5) is 0. The number of hydrogen-bond acceptors (Lipinski definition) is 1. The number of hydrogen-bond donors (Lipinski definition) is 1. The second-order valence-corrected chi connectivity index (χ2v) is 2.54. The van der Waals surface area contributed by atoms with E-state index < -0.39 is 0 Å². The Kier molecular flexibility index (Phi) is 6.21. The van der Waals surface area contributed by atoms with E-state index in [2.05, 4.69) is 6.58 Å². The van der Waals surface area contributed by atoms with E-state index >= 15 is 0 Å². The minimum atomic E-state index is 0.368. The Morgan fingerprint density at radius 1 is 1.50 bits per heavy atom. The molecule has 0 spiro atoms. The molecule has 0 aromatic heterocycles. The van der Waals surface area contributed by atoms with Crippen molar-refractivity contribution in [2.24, 2.45) is 0 Å². The number of phenolic OH excluding ortho intramolecular Hbond substituents is 1. The molecule has 0 atom stereocenters. The summed E-state index contributed by atoms with van der Waals surface area (Å²) < 4.78 is 0. The highest BCUT2D eigenvalue weighted by Gasteiger charge is 1.86. The smallest absolute Gasteiger partial charge is 0.118 e. The van der Waals surface area contributed by atoms with Crippen LogP contribution >= 0.6 is 11.6 Å². The average molecular weight is 185 g/mol. The zero-order chi connectivity index (χ0) is 9.40. The molecule has 12 heavy (non-hydrogen) atoms. The van der Waals surface area contributed by atoms with E-state index in [1.807, 2.05) is 25.1 Å². The maximum Gasteiger partial charge on any atom is 0.118 e. The topological polar surface area (TPSA) is 20.2 Å². The maximum atomic E-state index is 8.92. The van der Waals surface area contributed by atoms with Crippen LogP contribution in [-0.2, 0) is 0 Å². The zero-order valence-electron chi connectivity index (χ0n) is 7.13. The lowest BCUT2D eigenvalue weighted by molar-refractivity contribution is 0.471. The molecule has 0 saturated heterocycles. The number of phenols is 1. The van der Waals surface area contributed by atoms with E-state index in [4.69, 9.17) is 16.7 Å². The fourth-order valence-corrected chi connectivity index (χ4v) is 0.563. The van der Waals surface area contributed by atoms with Crippen molar-refractivity contribution >= 4 is 11.6 Å². The van der Waals surface area contributed by atoms with Crippen LogP contribution in [0.5, 0.6) is 5.75 Å². The van der Waals surface area contributed by atoms with Crippen LogP contribution in [0.4, 0.5) is 0 Å². The summed E-state index contributed by atoms with van der Waals surface area (Å²) in [6, 6.07) is 7.25. The second kappa shape index (κ2) is 6.74. The molecule has 1 aromatic rings. The van der Waals surface area contributed by atoms with E-state index in [9.17, 15) is 0 Å². The van der Waals surface area contributed by atoms with Crippen LogP contribution in [0.15, 0.2) is 36.9 Å². The molecule has 1 rings (SSSR count). The third kappa shape index (κ3) is 4.80. The lowest BCUT2D eigenvalue weighted by atomic mass is 10.2. The Labute approximate surface area is 78.3 Å². The molecule has 0 fully saturated rings. The molecule has 0 amide bonds. The van der Waals surface area contributed by atoms with Crippen LogP contribution in [0.1, 0.15) is 5.56 Å². The van der Waals surface area contributed by atoms with Gasteiger partial charge in [-0.25, -0.2) is 0 Å². The Hall–Kier alpha value is -0.950. The molecular weight excluding hydrogens is 172 g/mol. The highest BCUT2D eigenvalue weighted by Crippen LogP contribution is 2.12. The van der Waals surface area contributed by atoms with Crippen LogP contribution in [0.25, 0.3) is 0 Å². The molecule has 1 N–H and O–H groups in total. The predicted molar refractivity (Wildman–Crippen MR) is 53.8 cm³/mol. The number of aryl methyl sites for hydroxylation is 1. The summed E-state index contributed by atoms with van der Waals surface area (Å²) in [5, 5.41) is 8.92. The van der Waals surface area contributed by atoms with Crippen LogP contribution in [0.3, 0.4) is 0 Å². The minimum absolute atomic E-state index is 0.368. The van der Waals surface area contributed by atoms with Crippen LogP contribution < -0.4 is 0 Å². The van der Waals surface area contributed by atoms with Gasteiger partial charge in [-0.15, -0.1) is 18.2 Å². The van der Waals surface area contributed by atoms with Crippen molar-refractivity contribution < 1.29 is 5.11 Å². The van der Waals surface area contributed by atoms with Gasteiger partial charge in [-0.05, 0) is 18.6 Å². The molecule has 66 valence electrons. The molecule has 0 bridgehead atoms. The molecule has 2 heteroatoms. The molecule has 0 unspecified atom stereocenters. The van der Waals surface area contributed by atoms with E-state index in [1.54, 1.807) is 12.1 Å². The predicted octanol–water partition coefficient (Wildman–Crippen LogP) is 3.11. The highest BCUT2D eigenvalue weighted by molar-refractivity contribution is 6.18. The van der Waals surface area contributed by atoms with E-state index in [0.29, 0.717) is 11.6 Å². The summed E-state index contributed by atoms with van der Waals surface area (Å²) >= 11 is 5.07. The van der Waals surface area contributed by atoms with Crippen molar-refractivity contribution in [2.45, 2.75) is 6.92 Å². The van der Waals surface area contributed by atoms with Gasteiger partial charge in [0, 0.05) is 5.88 Å². The van der Waals surface area contributed by atoms with Crippen molar-refractivity contribution in [3.05, 3.63) is 42.5 Å². The minimum Gasteiger partial charge on any atom is -0.508 e. The van der Waals surface area contributed by atoms with Crippen molar-refractivity contribution in [1.82, 2.24) is 0 Å². The fraction of sp³-hybridized carbons (Fsp3) is 0.200. The first-order chi connectivity index (χ1) is 5.72. The van der Waals surface area contributed by atoms with Gasteiger partial charge in [0.05, 0.1) is 0 Å². The van der Waals surface area contributed by atoms with E-state index in [1.165, 1.54) is 0 Å². The van der Waals surface area contributed by atoms with Gasteiger partial charge in [-0.3, -0.25) is 0 Å². The quantitative estimate of drug-likeness (QED) is 0.525. The molecule has 0 aliphatic heterocycles. The monoisotopic (exact) mass is 184 g/mol.